The minimum Gasteiger partial charge on any atom is -0.330 e. The molecular formula is C12H28N2. The first-order valence-corrected chi connectivity index (χ1v) is 5.98. The molecule has 0 aliphatic rings. The molecule has 0 fully saturated rings. The smallest absolute Gasteiger partial charge is 0.000439 e. The van der Waals surface area contributed by atoms with E-state index >= 15 is 0 Å². The second-order valence-corrected chi connectivity index (χ2v) is 5.02. The Balaban J connectivity index is 3.72. The molecule has 0 spiro atoms. The van der Waals surface area contributed by atoms with Crippen molar-refractivity contribution in [2.45, 2.75) is 40.5 Å². The monoisotopic (exact) mass is 200 g/mol. The summed E-state index contributed by atoms with van der Waals surface area (Å²) in [6.45, 7) is 13.6. The largest absolute Gasteiger partial charge is 0.330 e. The van der Waals surface area contributed by atoms with Crippen molar-refractivity contribution in [3.05, 3.63) is 0 Å². The fourth-order valence-electron chi connectivity index (χ4n) is 1.57. The van der Waals surface area contributed by atoms with Gasteiger partial charge in [-0.3, -0.25) is 0 Å². The molecule has 86 valence electrons. The van der Waals surface area contributed by atoms with Gasteiger partial charge >= 0.3 is 0 Å². The van der Waals surface area contributed by atoms with Crippen molar-refractivity contribution in [3.63, 3.8) is 0 Å². The Hall–Kier alpha value is -0.0800. The normalized spacial score (nSPS) is 12.0. The predicted octanol–water partition coefficient (Wildman–Crippen LogP) is 2.34. The lowest BCUT2D eigenvalue weighted by Gasteiger charge is -2.24. The lowest BCUT2D eigenvalue weighted by molar-refractivity contribution is 0.230. The van der Waals surface area contributed by atoms with Crippen molar-refractivity contribution < 1.29 is 0 Å². The fourth-order valence-corrected chi connectivity index (χ4v) is 1.57. The third-order valence-corrected chi connectivity index (χ3v) is 2.32. The van der Waals surface area contributed by atoms with Gasteiger partial charge in [0.15, 0.2) is 0 Å². The van der Waals surface area contributed by atoms with Crippen LogP contribution in [0.25, 0.3) is 0 Å². The van der Waals surface area contributed by atoms with E-state index in [1.807, 2.05) is 0 Å². The molecule has 2 heteroatoms. The molecule has 0 unspecified atom stereocenters. The maximum atomic E-state index is 5.54. The Morgan fingerprint density at radius 1 is 1.00 bits per heavy atom. The SMILES string of the molecule is CC(C)CCN(CCCN)CC(C)C. The van der Waals surface area contributed by atoms with Gasteiger partial charge in [-0.1, -0.05) is 27.7 Å². The highest BCUT2D eigenvalue weighted by atomic mass is 15.1. The van der Waals surface area contributed by atoms with Crippen LogP contribution in [0.2, 0.25) is 0 Å². The van der Waals surface area contributed by atoms with Crippen molar-refractivity contribution in [2.75, 3.05) is 26.2 Å². The summed E-state index contributed by atoms with van der Waals surface area (Å²) >= 11 is 0. The molecule has 0 saturated heterocycles. The van der Waals surface area contributed by atoms with Crippen molar-refractivity contribution in [1.29, 1.82) is 0 Å². The minimum absolute atomic E-state index is 0.764. The van der Waals surface area contributed by atoms with Gasteiger partial charge in [0.05, 0.1) is 0 Å². The molecule has 0 bridgehead atoms. The molecule has 2 N–H and O–H groups in total. The lowest BCUT2D eigenvalue weighted by Crippen LogP contribution is -2.31. The van der Waals surface area contributed by atoms with E-state index in [4.69, 9.17) is 5.73 Å². The third-order valence-electron chi connectivity index (χ3n) is 2.32. The van der Waals surface area contributed by atoms with Gasteiger partial charge in [0, 0.05) is 6.54 Å². The summed E-state index contributed by atoms with van der Waals surface area (Å²) in [6.07, 6.45) is 2.43. The minimum atomic E-state index is 0.764. The summed E-state index contributed by atoms with van der Waals surface area (Å²) in [4.78, 5) is 2.55. The second-order valence-electron chi connectivity index (χ2n) is 5.02. The van der Waals surface area contributed by atoms with Crippen LogP contribution >= 0.6 is 0 Å². The topological polar surface area (TPSA) is 29.3 Å². The maximum Gasteiger partial charge on any atom is 0.000439 e. The molecule has 0 aliphatic heterocycles. The number of nitrogens with two attached hydrogens (primary N) is 1. The molecule has 14 heavy (non-hydrogen) atoms. The molecule has 0 aliphatic carbocycles. The summed E-state index contributed by atoms with van der Waals surface area (Å²) in [7, 11) is 0. The van der Waals surface area contributed by atoms with Crippen molar-refractivity contribution >= 4 is 0 Å². The van der Waals surface area contributed by atoms with Gasteiger partial charge in [-0.2, -0.15) is 0 Å². The number of hydrogen-bond acceptors (Lipinski definition) is 2. The summed E-state index contributed by atoms with van der Waals surface area (Å²) in [5.74, 6) is 1.57. The van der Waals surface area contributed by atoms with Crippen LogP contribution in [0.5, 0.6) is 0 Å². The summed E-state index contributed by atoms with van der Waals surface area (Å²) in [6, 6.07) is 0. The van der Waals surface area contributed by atoms with E-state index in [-0.39, 0.29) is 0 Å². The lowest BCUT2D eigenvalue weighted by atomic mass is 10.1. The summed E-state index contributed by atoms with van der Waals surface area (Å²) in [5, 5.41) is 0. The third kappa shape index (κ3) is 8.52. The highest BCUT2D eigenvalue weighted by molar-refractivity contribution is 4.62. The Morgan fingerprint density at radius 3 is 2.07 bits per heavy atom. The van der Waals surface area contributed by atoms with Gasteiger partial charge in [-0.05, 0) is 44.3 Å². The zero-order chi connectivity index (χ0) is 11.0. The zero-order valence-electron chi connectivity index (χ0n) is 10.4. The molecule has 0 aromatic carbocycles. The molecule has 0 aromatic rings. The van der Waals surface area contributed by atoms with E-state index in [0.717, 1.165) is 24.8 Å². The quantitative estimate of drug-likeness (QED) is 0.651. The average Bonchev–Trinajstić information content (AvgIpc) is 2.09. The second kappa shape index (κ2) is 8.25. The van der Waals surface area contributed by atoms with E-state index in [2.05, 4.69) is 32.6 Å². The van der Waals surface area contributed by atoms with E-state index in [1.165, 1.54) is 26.1 Å². The predicted molar refractivity (Wildman–Crippen MR) is 64.4 cm³/mol. The van der Waals surface area contributed by atoms with Crippen LogP contribution in [-0.2, 0) is 0 Å². The maximum absolute atomic E-state index is 5.54. The number of rotatable bonds is 8. The molecule has 0 saturated carbocycles. The van der Waals surface area contributed by atoms with Gasteiger partial charge in [-0.25, -0.2) is 0 Å². The van der Waals surface area contributed by atoms with Gasteiger partial charge in [-0.15, -0.1) is 0 Å². The van der Waals surface area contributed by atoms with Crippen molar-refractivity contribution in [1.82, 2.24) is 4.90 Å². The number of hydrogen-bond donors (Lipinski definition) is 1. The first kappa shape index (κ1) is 13.9. The van der Waals surface area contributed by atoms with Gasteiger partial charge in [0.1, 0.15) is 0 Å². The highest BCUT2D eigenvalue weighted by Gasteiger charge is 2.07. The Morgan fingerprint density at radius 2 is 1.64 bits per heavy atom. The van der Waals surface area contributed by atoms with Crippen molar-refractivity contribution in [3.8, 4) is 0 Å². The summed E-state index contributed by atoms with van der Waals surface area (Å²) < 4.78 is 0. The first-order valence-electron chi connectivity index (χ1n) is 5.98. The Labute approximate surface area is 89.9 Å². The van der Waals surface area contributed by atoms with Crippen LogP contribution in [-0.4, -0.2) is 31.1 Å². The molecule has 0 aromatic heterocycles. The van der Waals surface area contributed by atoms with Crippen LogP contribution in [0.3, 0.4) is 0 Å². The molecule has 0 radical (unpaired) electrons. The molecular weight excluding hydrogens is 172 g/mol. The molecule has 0 amide bonds. The van der Waals surface area contributed by atoms with E-state index in [1.54, 1.807) is 0 Å². The van der Waals surface area contributed by atoms with E-state index in [0.29, 0.717) is 0 Å². The number of nitrogens with zero attached hydrogens (tertiary/aromatic N) is 1. The van der Waals surface area contributed by atoms with E-state index in [9.17, 15) is 0 Å². The van der Waals surface area contributed by atoms with Gasteiger partial charge in [0.2, 0.25) is 0 Å². The van der Waals surface area contributed by atoms with Gasteiger partial charge < -0.3 is 10.6 Å². The first-order chi connectivity index (χ1) is 6.56. The van der Waals surface area contributed by atoms with Crippen LogP contribution < -0.4 is 5.73 Å². The zero-order valence-corrected chi connectivity index (χ0v) is 10.4. The summed E-state index contributed by atoms with van der Waals surface area (Å²) in [5.41, 5.74) is 5.54. The Bertz CT molecular complexity index is 121. The average molecular weight is 200 g/mol. The van der Waals surface area contributed by atoms with Crippen LogP contribution in [0.15, 0.2) is 0 Å². The van der Waals surface area contributed by atoms with Crippen LogP contribution in [0, 0.1) is 11.8 Å². The highest BCUT2D eigenvalue weighted by Crippen LogP contribution is 2.05. The van der Waals surface area contributed by atoms with Gasteiger partial charge in [0.25, 0.3) is 0 Å². The fraction of sp³-hybridized carbons (Fsp3) is 1.00. The molecule has 0 atom stereocenters. The Kier molecular flexibility index (Phi) is 8.20. The van der Waals surface area contributed by atoms with Crippen LogP contribution in [0.4, 0.5) is 0 Å². The molecule has 0 heterocycles. The standard InChI is InChI=1S/C12H28N2/c1-11(2)6-9-14(8-5-7-13)10-12(3)4/h11-12H,5-10,13H2,1-4H3. The molecule has 0 rings (SSSR count). The van der Waals surface area contributed by atoms with Crippen molar-refractivity contribution in [2.24, 2.45) is 17.6 Å². The van der Waals surface area contributed by atoms with E-state index < -0.39 is 0 Å². The van der Waals surface area contributed by atoms with Crippen LogP contribution in [0.1, 0.15) is 40.5 Å². The molecule has 2 nitrogen and oxygen atoms in total.